The average molecular weight is 291 g/mol. The van der Waals surface area contributed by atoms with E-state index in [-0.39, 0.29) is 5.91 Å². The molecule has 0 spiro atoms. The Kier molecular flexibility index (Phi) is 3.44. The molecule has 6 heteroatoms. The third-order valence-electron chi connectivity index (χ3n) is 3.37. The molecule has 1 fully saturated rings. The zero-order valence-electron chi connectivity index (χ0n) is 11.2. The van der Waals surface area contributed by atoms with Crippen LogP contribution in [0.4, 0.5) is 5.69 Å². The van der Waals surface area contributed by atoms with Crippen molar-refractivity contribution in [1.82, 2.24) is 14.8 Å². The van der Waals surface area contributed by atoms with Crippen LogP contribution in [-0.2, 0) is 4.79 Å². The first-order valence-electron chi connectivity index (χ1n) is 6.59. The second-order valence-electron chi connectivity index (χ2n) is 5.03. The quantitative estimate of drug-likeness (QED) is 0.870. The predicted octanol–water partition coefficient (Wildman–Crippen LogP) is 2.68. The Morgan fingerprint density at radius 3 is 2.95 bits per heavy atom. The fraction of sp³-hybridized carbons (Fsp3) is 0.357. The van der Waals surface area contributed by atoms with Gasteiger partial charge in [-0.2, -0.15) is 5.10 Å². The van der Waals surface area contributed by atoms with Crippen molar-refractivity contribution >= 4 is 23.2 Å². The number of amides is 1. The fourth-order valence-corrected chi connectivity index (χ4v) is 2.33. The number of hydrogen-bond donors (Lipinski definition) is 0. The molecule has 0 bridgehead atoms. The van der Waals surface area contributed by atoms with Crippen LogP contribution in [-0.4, -0.2) is 27.2 Å². The lowest BCUT2D eigenvalue weighted by atomic mass is 10.3. The van der Waals surface area contributed by atoms with E-state index >= 15 is 0 Å². The summed E-state index contributed by atoms with van der Waals surface area (Å²) in [6.07, 6.45) is 7.54. The molecule has 1 aliphatic carbocycles. The van der Waals surface area contributed by atoms with E-state index in [1.807, 2.05) is 12.1 Å². The van der Waals surface area contributed by atoms with Gasteiger partial charge in [-0.05, 0) is 30.9 Å². The number of aromatic nitrogens is 3. The van der Waals surface area contributed by atoms with Gasteiger partial charge in [-0.15, -0.1) is 0 Å². The van der Waals surface area contributed by atoms with E-state index < -0.39 is 0 Å². The summed E-state index contributed by atoms with van der Waals surface area (Å²) in [5.41, 5.74) is 1.48. The SMILES string of the molecule is CC(=O)N(CC1CC1)c1cn(-c2cccnc2)nc1Cl. The van der Waals surface area contributed by atoms with E-state index in [1.165, 1.54) is 12.8 Å². The molecule has 3 rings (SSSR count). The van der Waals surface area contributed by atoms with Crippen molar-refractivity contribution in [2.24, 2.45) is 5.92 Å². The lowest BCUT2D eigenvalue weighted by molar-refractivity contribution is -0.116. The van der Waals surface area contributed by atoms with Crippen LogP contribution in [0.2, 0.25) is 5.15 Å². The van der Waals surface area contributed by atoms with Gasteiger partial charge in [-0.3, -0.25) is 9.78 Å². The highest BCUT2D eigenvalue weighted by Gasteiger charge is 2.28. The molecule has 0 N–H and O–H groups in total. The van der Waals surface area contributed by atoms with Gasteiger partial charge in [0.2, 0.25) is 5.91 Å². The lowest BCUT2D eigenvalue weighted by Gasteiger charge is -2.19. The highest BCUT2D eigenvalue weighted by Crippen LogP contribution is 2.33. The Labute approximate surface area is 122 Å². The molecule has 0 unspecified atom stereocenters. The molecular weight excluding hydrogens is 276 g/mol. The third-order valence-corrected chi connectivity index (χ3v) is 3.64. The Morgan fingerprint density at radius 2 is 2.35 bits per heavy atom. The molecule has 0 radical (unpaired) electrons. The number of halogens is 1. The summed E-state index contributed by atoms with van der Waals surface area (Å²) < 4.78 is 1.65. The molecular formula is C14H15ClN4O. The number of nitrogens with zero attached hydrogens (tertiary/aromatic N) is 4. The van der Waals surface area contributed by atoms with Crippen molar-refractivity contribution in [1.29, 1.82) is 0 Å². The number of carbonyl (C=O) groups excluding carboxylic acids is 1. The first-order chi connectivity index (χ1) is 9.65. The molecule has 0 aromatic carbocycles. The van der Waals surface area contributed by atoms with E-state index in [0.29, 0.717) is 23.3 Å². The summed E-state index contributed by atoms with van der Waals surface area (Å²) >= 11 is 6.19. The van der Waals surface area contributed by atoms with Crippen molar-refractivity contribution in [2.45, 2.75) is 19.8 Å². The van der Waals surface area contributed by atoms with Crippen molar-refractivity contribution in [3.8, 4) is 5.69 Å². The standard InChI is InChI=1S/C14H15ClN4O/c1-10(20)18(8-11-4-5-11)13-9-19(17-14(13)15)12-3-2-6-16-7-12/h2-3,6-7,9,11H,4-5,8H2,1H3. The third kappa shape index (κ3) is 2.67. The van der Waals surface area contributed by atoms with Crippen LogP contribution in [0.5, 0.6) is 0 Å². The zero-order chi connectivity index (χ0) is 14.1. The number of rotatable bonds is 4. The van der Waals surface area contributed by atoms with Crippen LogP contribution in [0.1, 0.15) is 19.8 Å². The largest absolute Gasteiger partial charge is 0.308 e. The molecule has 2 aromatic heterocycles. The van der Waals surface area contributed by atoms with Gasteiger partial charge in [0.1, 0.15) is 5.69 Å². The molecule has 1 amide bonds. The minimum absolute atomic E-state index is 0.00969. The topological polar surface area (TPSA) is 51.0 Å². The van der Waals surface area contributed by atoms with E-state index in [0.717, 1.165) is 5.69 Å². The maximum Gasteiger partial charge on any atom is 0.223 e. The van der Waals surface area contributed by atoms with Crippen molar-refractivity contribution in [3.63, 3.8) is 0 Å². The number of hydrogen-bond acceptors (Lipinski definition) is 3. The van der Waals surface area contributed by atoms with Crippen molar-refractivity contribution in [2.75, 3.05) is 11.4 Å². The second kappa shape index (κ2) is 5.25. The predicted molar refractivity (Wildman–Crippen MR) is 77.1 cm³/mol. The minimum atomic E-state index is -0.00969. The summed E-state index contributed by atoms with van der Waals surface area (Å²) in [6, 6.07) is 3.72. The second-order valence-corrected chi connectivity index (χ2v) is 5.39. The van der Waals surface area contributed by atoms with Gasteiger partial charge in [0.05, 0.1) is 18.1 Å². The summed E-state index contributed by atoms with van der Waals surface area (Å²) in [5, 5.41) is 4.60. The molecule has 0 saturated heterocycles. The first kappa shape index (κ1) is 13.1. The lowest BCUT2D eigenvalue weighted by Crippen LogP contribution is -2.30. The molecule has 1 aliphatic rings. The van der Waals surface area contributed by atoms with Gasteiger partial charge in [0.15, 0.2) is 5.15 Å². The Bertz CT molecular complexity index is 621. The van der Waals surface area contributed by atoms with Gasteiger partial charge < -0.3 is 4.90 Å². The van der Waals surface area contributed by atoms with E-state index in [2.05, 4.69) is 10.1 Å². The first-order valence-corrected chi connectivity index (χ1v) is 6.96. The van der Waals surface area contributed by atoms with Crippen LogP contribution >= 0.6 is 11.6 Å². The summed E-state index contributed by atoms with van der Waals surface area (Å²) in [5.74, 6) is 0.584. The van der Waals surface area contributed by atoms with E-state index in [4.69, 9.17) is 11.6 Å². The van der Waals surface area contributed by atoms with Gasteiger partial charge in [-0.25, -0.2) is 4.68 Å². The van der Waals surface area contributed by atoms with E-state index in [1.54, 1.807) is 35.1 Å². The van der Waals surface area contributed by atoms with Crippen LogP contribution < -0.4 is 4.90 Å². The van der Waals surface area contributed by atoms with Gasteiger partial charge >= 0.3 is 0 Å². The molecule has 20 heavy (non-hydrogen) atoms. The van der Waals surface area contributed by atoms with Crippen LogP contribution in [0.3, 0.4) is 0 Å². The summed E-state index contributed by atoms with van der Waals surface area (Å²) in [6.45, 7) is 2.27. The molecule has 5 nitrogen and oxygen atoms in total. The number of anilines is 1. The van der Waals surface area contributed by atoms with Gasteiger partial charge in [0.25, 0.3) is 0 Å². The molecule has 0 aliphatic heterocycles. The Hall–Kier alpha value is -1.88. The maximum atomic E-state index is 11.8. The Morgan fingerprint density at radius 1 is 1.55 bits per heavy atom. The fourth-order valence-electron chi connectivity index (χ4n) is 2.10. The minimum Gasteiger partial charge on any atom is -0.308 e. The number of pyridine rings is 1. The summed E-state index contributed by atoms with van der Waals surface area (Å²) in [4.78, 5) is 17.6. The molecule has 2 heterocycles. The Balaban J connectivity index is 1.92. The highest BCUT2D eigenvalue weighted by atomic mass is 35.5. The van der Waals surface area contributed by atoms with Crippen molar-refractivity contribution < 1.29 is 4.79 Å². The smallest absolute Gasteiger partial charge is 0.223 e. The van der Waals surface area contributed by atoms with Crippen LogP contribution in [0.15, 0.2) is 30.7 Å². The summed E-state index contributed by atoms with van der Waals surface area (Å²) in [7, 11) is 0. The van der Waals surface area contributed by atoms with Crippen LogP contribution in [0.25, 0.3) is 5.69 Å². The van der Waals surface area contributed by atoms with Gasteiger partial charge in [-0.1, -0.05) is 11.6 Å². The monoisotopic (exact) mass is 290 g/mol. The molecule has 104 valence electrons. The normalized spacial score (nSPS) is 14.3. The molecule has 1 saturated carbocycles. The maximum absolute atomic E-state index is 11.8. The van der Waals surface area contributed by atoms with Crippen molar-refractivity contribution in [3.05, 3.63) is 35.9 Å². The van der Waals surface area contributed by atoms with E-state index in [9.17, 15) is 4.79 Å². The molecule has 2 aromatic rings. The number of carbonyl (C=O) groups is 1. The average Bonchev–Trinajstić information content (AvgIpc) is 3.19. The van der Waals surface area contributed by atoms with Crippen LogP contribution in [0, 0.1) is 5.92 Å². The zero-order valence-corrected chi connectivity index (χ0v) is 11.9. The highest BCUT2D eigenvalue weighted by molar-refractivity contribution is 6.32. The molecule has 0 atom stereocenters. The van der Waals surface area contributed by atoms with Gasteiger partial charge in [0, 0.05) is 19.7 Å².